The molecule has 3 aromatic rings. The lowest BCUT2D eigenvalue weighted by molar-refractivity contribution is 0.0526. The molecular weight excluding hydrogens is 448 g/mol. The predicted octanol–water partition coefficient (Wildman–Crippen LogP) is 4.69. The number of carbonyl (C=O) groups excluding carboxylic acids is 1. The van der Waals surface area contributed by atoms with Crippen LogP contribution in [0.2, 0.25) is 0 Å². The first kappa shape index (κ1) is 23.8. The summed E-state index contributed by atoms with van der Waals surface area (Å²) in [5, 5.41) is 3.94. The van der Waals surface area contributed by atoms with Gasteiger partial charge in [0, 0.05) is 43.6 Å². The number of imidazole rings is 1. The second-order valence-electron chi connectivity index (χ2n) is 8.25. The molecule has 0 radical (unpaired) electrons. The molecule has 0 bridgehead atoms. The van der Waals surface area contributed by atoms with Crippen LogP contribution in [0.3, 0.4) is 0 Å². The number of benzene rings is 2. The molecule has 0 saturated carbocycles. The van der Waals surface area contributed by atoms with Crippen LogP contribution < -0.4 is 10.1 Å². The maximum Gasteiger partial charge on any atom is 0.338 e. The van der Waals surface area contributed by atoms with Gasteiger partial charge in [0.05, 0.1) is 19.3 Å². The summed E-state index contributed by atoms with van der Waals surface area (Å²) in [6, 6.07) is 15.4. The summed E-state index contributed by atoms with van der Waals surface area (Å²) in [5.74, 6) is 2.04. The minimum Gasteiger partial charge on any atom is -0.497 e. The zero-order valence-electron chi connectivity index (χ0n) is 19.6. The molecule has 4 rings (SSSR count). The van der Waals surface area contributed by atoms with Gasteiger partial charge >= 0.3 is 5.97 Å². The highest BCUT2D eigenvalue weighted by molar-refractivity contribution is 7.80. The fraction of sp³-hybridized carbons (Fsp3) is 0.346. The van der Waals surface area contributed by atoms with E-state index in [0.717, 1.165) is 49.7 Å². The Bertz CT molecular complexity index is 1120. The summed E-state index contributed by atoms with van der Waals surface area (Å²) in [5.41, 5.74) is 2.51. The van der Waals surface area contributed by atoms with Gasteiger partial charge in [-0.05, 0) is 67.9 Å². The van der Waals surface area contributed by atoms with Crippen molar-refractivity contribution >= 4 is 29.0 Å². The van der Waals surface area contributed by atoms with E-state index in [4.69, 9.17) is 21.7 Å². The number of thiocarbonyl (C=S) groups is 1. The Kier molecular flexibility index (Phi) is 7.80. The van der Waals surface area contributed by atoms with Gasteiger partial charge in [-0.3, -0.25) is 0 Å². The molecule has 1 saturated heterocycles. The van der Waals surface area contributed by atoms with Gasteiger partial charge in [0.15, 0.2) is 5.11 Å². The van der Waals surface area contributed by atoms with Crippen molar-refractivity contribution in [2.45, 2.75) is 32.2 Å². The average Bonchev–Trinajstić information content (AvgIpc) is 3.33. The molecule has 1 aliphatic heterocycles. The maximum absolute atomic E-state index is 12.0. The van der Waals surface area contributed by atoms with E-state index in [0.29, 0.717) is 23.2 Å². The molecule has 1 aliphatic rings. The van der Waals surface area contributed by atoms with Crippen molar-refractivity contribution in [3.05, 3.63) is 77.9 Å². The maximum atomic E-state index is 12.0. The number of hydrogen-bond donors (Lipinski definition) is 1. The van der Waals surface area contributed by atoms with E-state index in [2.05, 4.69) is 38.1 Å². The number of anilines is 1. The molecule has 0 amide bonds. The van der Waals surface area contributed by atoms with Crippen molar-refractivity contribution in [2.24, 2.45) is 0 Å². The van der Waals surface area contributed by atoms with E-state index in [1.807, 2.05) is 30.5 Å². The highest BCUT2D eigenvalue weighted by Crippen LogP contribution is 2.28. The zero-order chi connectivity index (χ0) is 23.9. The zero-order valence-corrected chi connectivity index (χ0v) is 20.4. The van der Waals surface area contributed by atoms with Crippen molar-refractivity contribution in [3.63, 3.8) is 0 Å². The van der Waals surface area contributed by atoms with Gasteiger partial charge in [-0.15, -0.1) is 0 Å². The fourth-order valence-electron chi connectivity index (χ4n) is 4.22. The van der Waals surface area contributed by atoms with Crippen LogP contribution in [0.1, 0.15) is 47.4 Å². The third-order valence-corrected chi connectivity index (χ3v) is 6.39. The standard InChI is InChI=1S/C26H30N4O3S/c1-3-33-25(31)21-5-4-6-22(17-21)28-26(34)29-14-11-20(12-15-29)24-27-13-16-30(24)18-19-7-9-23(32-2)10-8-19/h4-10,13,16-17,20H,3,11-12,14-15,18H2,1-2H3,(H,28,34). The molecule has 0 aliphatic carbocycles. The number of methoxy groups -OCH3 is 1. The van der Waals surface area contributed by atoms with Crippen LogP contribution in [0, 0.1) is 0 Å². The van der Waals surface area contributed by atoms with Gasteiger partial charge in [-0.25, -0.2) is 9.78 Å². The Labute approximate surface area is 205 Å². The molecule has 2 aromatic carbocycles. The smallest absolute Gasteiger partial charge is 0.338 e. The van der Waals surface area contributed by atoms with Crippen molar-refractivity contribution in [1.29, 1.82) is 0 Å². The Hall–Kier alpha value is -3.39. The summed E-state index contributed by atoms with van der Waals surface area (Å²) < 4.78 is 12.6. The van der Waals surface area contributed by atoms with E-state index in [9.17, 15) is 4.79 Å². The van der Waals surface area contributed by atoms with Crippen LogP contribution in [0.25, 0.3) is 0 Å². The Morgan fingerprint density at radius 2 is 1.94 bits per heavy atom. The number of rotatable bonds is 7. The van der Waals surface area contributed by atoms with Gasteiger partial charge in [0.1, 0.15) is 11.6 Å². The van der Waals surface area contributed by atoms with Crippen molar-refractivity contribution in [1.82, 2.24) is 14.5 Å². The Morgan fingerprint density at radius 3 is 2.65 bits per heavy atom. The SMILES string of the molecule is CCOC(=O)c1cccc(NC(=S)N2CCC(c3nccn3Cc3ccc(OC)cc3)CC2)c1. The molecule has 1 aromatic heterocycles. The first-order valence-corrected chi connectivity index (χ1v) is 11.9. The first-order chi connectivity index (χ1) is 16.6. The first-order valence-electron chi connectivity index (χ1n) is 11.5. The number of carbonyl (C=O) groups is 1. The summed E-state index contributed by atoms with van der Waals surface area (Å²) in [7, 11) is 1.68. The van der Waals surface area contributed by atoms with Gasteiger partial charge in [0.2, 0.25) is 0 Å². The van der Waals surface area contributed by atoms with Gasteiger partial charge < -0.3 is 24.3 Å². The lowest BCUT2D eigenvalue weighted by Crippen LogP contribution is -2.40. The number of nitrogens with one attached hydrogen (secondary N) is 1. The van der Waals surface area contributed by atoms with Crippen LogP contribution in [0.4, 0.5) is 5.69 Å². The van der Waals surface area contributed by atoms with Crippen molar-refractivity contribution < 1.29 is 14.3 Å². The lowest BCUT2D eigenvalue weighted by Gasteiger charge is -2.33. The third kappa shape index (κ3) is 5.75. The molecule has 8 heteroatoms. The Balaban J connectivity index is 1.33. The van der Waals surface area contributed by atoms with Crippen LogP contribution >= 0.6 is 12.2 Å². The fourth-order valence-corrected chi connectivity index (χ4v) is 4.52. The summed E-state index contributed by atoms with van der Waals surface area (Å²) in [4.78, 5) is 18.9. The Morgan fingerprint density at radius 1 is 1.18 bits per heavy atom. The van der Waals surface area contributed by atoms with Crippen LogP contribution in [-0.4, -0.2) is 52.3 Å². The number of aromatic nitrogens is 2. The van der Waals surface area contributed by atoms with E-state index >= 15 is 0 Å². The molecule has 0 unspecified atom stereocenters. The monoisotopic (exact) mass is 478 g/mol. The van der Waals surface area contributed by atoms with E-state index in [1.165, 1.54) is 5.56 Å². The minimum atomic E-state index is -0.331. The van der Waals surface area contributed by atoms with Crippen LogP contribution in [0.15, 0.2) is 60.9 Å². The predicted molar refractivity (Wildman–Crippen MR) is 136 cm³/mol. The molecule has 0 spiro atoms. The van der Waals surface area contributed by atoms with Gasteiger partial charge in [-0.2, -0.15) is 0 Å². The number of hydrogen-bond acceptors (Lipinski definition) is 5. The van der Waals surface area contributed by atoms with Gasteiger partial charge in [-0.1, -0.05) is 18.2 Å². The molecule has 34 heavy (non-hydrogen) atoms. The third-order valence-electron chi connectivity index (χ3n) is 6.03. The van der Waals surface area contributed by atoms with Crippen molar-refractivity contribution in [2.75, 3.05) is 32.1 Å². The summed E-state index contributed by atoms with van der Waals surface area (Å²) >= 11 is 5.66. The molecule has 2 heterocycles. The molecule has 0 atom stereocenters. The van der Waals surface area contributed by atoms with Crippen molar-refractivity contribution in [3.8, 4) is 5.75 Å². The van der Waals surface area contributed by atoms with E-state index in [-0.39, 0.29) is 5.97 Å². The lowest BCUT2D eigenvalue weighted by atomic mass is 9.96. The van der Waals surface area contributed by atoms with E-state index in [1.54, 1.807) is 26.2 Å². The molecule has 178 valence electrons. The average molecular weight is 479 g/mol. The second-order valence-corrected chi connectivity index (χ2v) is 8.64. The van der Waals surface area contributed by atoms with Crippen LogP contribution in [0.5, 0.6) is 5.75 Å². The molecule has 1 fully saturated rings. The molecular formula is C26H30N4O3S. The largest absolute Gasteiger partial charge is 0.497 e. The normalized spacial score (nSPS) is 14.0. The number of piperidine rings is 1. The quantitative estimate of drug-likeness (QED) is 0.390. The number of nitrogens with zero attached hydrogens (tertiary/aromatic N) is 3. The van der Waals surface area contributed by atoms with Gasteiger partial charge in [0.25, 0.3) is 0 Å². The highest BCUT2D eigenvalue weighted by atomic mass is 32.1. The van der Waals surface area contributed by atoms with E-state index < -0.39 is 0 Å². The number of ether oxygens (including phenoxy) is 2. The number of esters is 1. The molecule has 7 nitrogen and oxygen atoms in total. The summed E-state index contributed by atoms with van der Waals surface area (Å²) in [6.45, 7) is 4.63. The molecule has 1 N–H and O–H groups in total. The minimum absolute atomic E-state index is 0.331. The number of likely N-dealkylation sites (tertiary alicyclic amines) is 1. The summed E-state index contributed by atoms with van der Waals surface area (Å²) in [6.07, 6.45) is 5.89. The highest BCUT2D eigenvalue weighted by Gasteiger charge is 2.25. The van der Waals surface area contributed by atoms with Crippen LogP contribution in [-0.2, 0) is 11.3 Å². The second kappa shape index (κ2) is 11.2. The topological polar surface area (TPSA) is 68.6 Å².